The lowest BCUT2D eigenvalue weighted by Gasteiger charge is -2.13. The molecule has 76 valence electrons. The van der Waals surface area contributed by atoms with Gasteiger partial charge in [-0.2, -0.15) is 8.42 Å². The molecule has 0 saturated heterocycles. The summed E-state index contributed by atoms with van der Waals surface area (Å²) in [6.45, 7) is 1.45. The van der Waals surface area contributed by atoms with Gasteiger partial charge in [-0.1, -0.05) is 21.0 Å². The summed E-state index contributed by atoms with van der Waals surface area (Å²) in [5, 5.41) is 3.20. The van der Waals surface area contributed by atoms with Gasteiger partial charge in [0.25, 0.3) is 0 Å². The normalized spacial score (nSPS) is 15.9. The first kappa shape index (κ1) is 12.7. The Morgan fingerprint density at radius 1 is 1.77 bits per heavy atom. The number of hydrogen-bond acceptors (Lipinski definition) is 4. The second kappa shape index (κ2) is 5.40. The van der Waals surface area contributed by atoms with Crippen molar-refractivity contribution in [3.8, 4) is 0 Å². The van der Waals surface area contributed by atoms with Gasteiger partial charge in [0, 0.05) is 16.3 Å². The number of rotatable bonds is 5. The zero-order valence-corrected chi connectivity index (χ0v) is 9.06. The number of azide groups is 1. The summed E-state index contributed by atoms with van der Waals surface area (Å²) in [6, 6.07) is 0. The van der Waals surface area contributed by atoms with Crippen molar-refractivity contribution in [3.63, 3.8) is 0 Å². The van der Waals surface area contributed by atoms with Crippen LogP contribution < -0.4 is 0 Å². The molecule has 0 aromatic rings. The molecule has 2 atom stereocenters. The molecule has 0 heterocycles. The third kappa shape index (κ3) is 6.79. The van der Waals surface area contributed by atoms with E-state index in [1.807, 2.05) is 0 Å². The maximum Gasteiger partial charge on any atom is 0.397 e. The van der Waals surface area contributed by atoms with Gasteiger partial charge in [0.2, 0.25) is 0 Å². The van der Waals surface area contributed by atoms with Gasteiger partial charge in [-0.3, -0.25) is 4.55 Å². The number of alkyl halides is 1. The van der Waals surface area contributed by atoms with Crippen LogP contribution in [0, 0.1) is 0 Å². The zero-order valence-electron chi connectivity index (χ0n) is 6.66. The van der Waals surface area contributed by atoms with Gasteiger partial charge in [-0.15, -0.1) is 0 Å². The maximum atomic E-state index is 10.2. The Kier molecular flexibility index (Phi) is 5.26. The molecule has 0 rings (SSSR count). The highest BCUT2D eigenvalue weighted by molar-refractivity contribution is 9.09. The Morgan fingerprint density at radius 2 is 2.31 bits per heavy atom. The zero-order chi connectivity index (χ0) is 10.5. The number of nitrogens with zero attached hydrogens (tertiary/aromatic N) is 3. The summed E-state index contributed by atoms with van der Waals surface area (Å²) >= 11 is 3.03. The van der Waals surface area contributed by atoms with Crippen LogP contribution in [0.4, 0.5) is 0 Å². The van der Waals surface area contributed by atoms with Crippen LogP contribution in [0.2, 0.25) is 0 Å². The molecule has 0 unspecified atom stereocenters. The second-order valence-electron chi connectivity index (χ2n) is 2.16. The standard InChI is InChI=1S/C4H8BrN3O4S/c1-3(12-13(9,10)11)4(5)2-7-8-6/h3-4H,2H2,1H3,(H,9,10,11)/t3-,4+/m1/s1. The number of halogens is 1. The fourth-order valence-electron chi connectivity index (χ4n) is 0.515. The van der Waals surface area contributed by atoms with Crippen LogP contribution in [-0.4, -0.2) is 30.4 Å². The maximum absolute atomic E-state index is 10.2. The van der Waals surface area contributed by atoms with E-state index < -0.39 is 21.3 Å². The Balaban J connectivity index is 4.11. The first-order chi connectivity index (χ1) is 5.87. The molecular weight excluding hydrogens is 266 g/mol. The van der Waals surface area contributed by atoms with Crippen molar-refractivity contribution < 1.29 is 17.2 Å². The quantitative estimate of drug-likeness (QED) is 0.267. The van der Waals surface area contributed by atoms with Gasteiger partial charge in [0.1, 0.15) is 0 Å². The van der Waals surface area contributed by atoms with E-state index in [0.717, 1.165) is 0 Å². The molecule has 1 N–H and O–H groups in total. The van der Waals surface area contributed by atoms with E-state index in [9.17, 15) is 8.42 Å². The van der Waals surface area contributed by atoms with E-state index in [1.165, 1.54) is 6.92 Å². The predicted molar refractivity (Wildman–Crippen MR) is 48.8 cm³/mol. The van der Waals surface area contributed by atoms with E-state index in [-0.39, 0.29) is 6.54 Å². The van der Waals surface area contributed by atoms with Crippen molar-refractivity contribution in [3.05, 3.63) is 10.4 Å². The Bertz CT molecular complexity index is 299. The third-order valence-corrected chi connectivity index (χ3v) is 2.68. The summed E-state index contributed by atoms with van der Waals surface area (Å²) in [5.74, 6) is 0. The lowest BCUT2D eigenvalue weighted by Crippen LogP contribution is -2.25. The van der Waals surface area contributed by atoms with Gasteiger partial charge < -0.3 is 0 Å². The summed E-state index contributed by atoms with van der Waals surface area (Å²) in [4.78, 5) is 2.01. The van der Waals surface area contributed by atoms with Gasteiger partial charge >= 0.3 is 10.4 Å². The molecule has 0 bridgehead atoms. The van der Waals surface area contributed by atoms with Crippen molar-refractivity contribution in [1.29, 1.82) is 0 Å². The summed E-state index contributed by atoms with van der Waals surface area (Å²) in [6.07, 6.45) is -0.805. The first-order valence-electron chi connectivity index (χ1n) is 3.17. The molecule has 0 saturated carbocycles. The highest BCUT2D eigenvalue weighted by Gasteiger charge is 2.19. The summed E-state index contributed by atoms with van der Waals surface area (Å²) < 4.78 is 32.9. The molecule has 0 aliphatic heterocycles. The molecule has 0 aliphatic rings. The minimum atomic E-state index is -4.46. The highest BCUT2D eigenvalue weighted by atomic mass is 79.9. The Labute approximate surface area is 83.8 Å². The molecule has 0 aliphatic carbocycles. The van der Waals surface area contributed by atoms with E-state index >= 15 is 0 Å². The SMILES string of the molecule is C[C@@H](OS(=O)(=O)O)[C@@H](Br)CN=[N+]=[N-]. The van der Waals surface area contributed by atoms with Crippen molar-refractivity contribution >= 4 is 26.3 Å². The third-order valence-electron chi connectivity index (χ3n) is 1.10. The van der Waals surface area contributed by atoms with Crippen LogP contribution in [0.5, 0.6) is 0 Å². The van der Waals surface area contributed by atoms with Crippen LogP contribution in [-0.2, 0) is 14.6 Å². The smallest absolute Gasteiger partial charge is 0.264 e. The van der Waals surface area contributed by atoms with Crippen LogP contribution in [0.3, 0.4) is 0 Å². The molecule has 7 nitrogen and oxygen atoms in total. The highest BCUT2D eigenvalue weighted by Crippen LogP contribution is 2.11. The lowest BCUT2D eigenvalue weighted by atomic mass is 10.3. The van der Waals surface area contributed by atoms with E-state index in [0.29, 0.717) is 0 Å². The monoisotopic (exact) mass is 273 g/mol. The van der Waals surface area contributed by atoms with Crippen molar-refractivity contribution in [1.82, 2.24) is 0 Å². The summed E-state index contributed by atoms with van der Waals surface area (Å²) in [7, 11) is -4.46. The molecule has 0 radical (unpaired) electrons. The van der Waals surface area contributed by atoms with Crippen LogP contribution in [0.15, 0.2) is 5.11 Å². The van der Waals surface area contributed by atoms with Crippen LogP contribution in [0.1, 0.15) is 6.92 Å². The van der Waals surface area contributed by atoms with Gasteiger partial charge in [0.05, 0.1) is 6.10 Å². The second-order valence-corrected chi connectivity index (χ2v) is 4.38. The van der Waals surface area contributed by atoms with Gasteiger partial charge in [-0.05, 0) is 12.5 Å². The first-order valence-corrected chi connectivity index (χ1v) is 5.45. The average Bonchev–Trinajstić information content (AvgIpc) is 1.96. The molecule has 0 amide bonds. The topological polar surface area (TPSA) is 112 Å². The molecule has 0 spiro atoms. The molecule has 0 aromatic carbocycles. The van der Waals surface area contributed by atoms with Gasteiger partial charge in [-0.25, -0.2) is 4.18 Å². The van der Waals surface area contributed by atoms with E-state index in [2.05, 4.69) is 30.1 Å². The van der Waals surface area contributed by atoms with Crippen molar-refractivity contribution in [2.45, 2.75) is 17.9 Å². The van der Waals surface area contributed by atoms with E-state index in [4.69, 9.17) is 10.1 Å². The molecular formula is C4H8BrN3O4S. The minimum Gasteiger partial charge on any atom is -0.264 e. The van der Waals surface area contributed by atoms with Crippen LogP contribution >= 0.6 is 15.9 Å². The minimum absolute atomic E-state index is 0.0349. The molecule has 0 aromatic heterocycles. The summed E-state index contributed by atoms with van der Waals surface area (Å²) in [5.41, 5.74) is 7.96. The molecule has 13 heavy (non-hydrogen) atoms. The predicted octanol–water partition coefficient (Wildman–Crippen LogP) is 1.27. The molecule has 9 heteroatoms. The van der Waals surface area contributed by atoms with Crippen molar-refractivity contribution in [2.75, 3.05) is 6.54 Å². The van der Waals surface area contributed by atoms with E-state index in [1.54, 1.807) is 0 Å². The van der Waals surface area contributed by atoms with Crippen LogP contribution in [0.25, 0.3) is 10.4 Å². The Hall–Kier alpha value is -0.340. The average molecular weight is 274 g/mol. The fourth-order valence-corrected chi connectivity index (χ4v) is 1.41. The lowest BCUT2D eigenvalue weighted by molar-refractivity contribution is 0.197. The Morgan fingerprint density at radius 3 is 2.69 bits per heavy atom. The molecule has 0 fully saturated rings. The van der Waals surface area contributed by atoms with Crippen molar-refractivity contribution in [2.24, 2.45) is 5.11 Å². The van der Waals surface area contributed by atoms with Gasteiger partial charge in [0.15, 0.2) is 0 Å². The largest absolute Gasteiger partial charge is 0.397 e. The number of hydrogen-bond donors (Lipinski definition) is 1. The fraction of sp³-hybridized carbons (Fsp3) is 1.00.